The molecule has 2 heterocycles. The normalized spacial score (nSPS) is 14.6. The summed E-state index contributed by atoms with van der Waals surface area (Å²) in [5.41, 5.74) is 2.43. The first-order chi connectivity index (χ1) is 14.2. The number of guanidine groups is 1. The Balaban J connectivity index is 0.00000320. The number of benzene rings is 1. The summed E-state index contributed by atoms with van der Waals surface area (Å²) < 4.78 is 10.0. The van der Waals surface area contributed by atoms with Crippen LogP contribution in [0.2, 0.25) is 0 Å². The van der Waals surface area contributed by atoms with Gasteiger partial charge in [0.2, 0.25) is 5.13 Å². The van der Waals surface area contributed by atoms with E-state index in [1.165, 1.54) is 22.7 Å². The molecular weight excluding hydrogens is 511 g/mol. The number of hydrogen-bond acceptors (Lipinski definition) is 6. The van der Waals surface area contributed by atoms with Crippen LogP contribution in [0, 0.1) is 0 Å². The van der Waals surface area contributed by atoms with Gasteiger partial charge in [-0.1, -0.05) is 31.2 Å². The summed E-state index contributed by atoms with van der Waals surface area (Å²) in [6.45, 7) is 12.8. The highest BCUT2D eigenvalue weighted by molar-refractivity contribution is 14.0. The number of piperazine rings is 1. The second kappa shape index (κ2) is 13.1. The number of anilines is 1. The molecule has 1 aromatic carbocycles. The van der Waals surface area contributed by atoms with E-state index in [2.05, 4.69) is 62.6 Å². The van der Waals surface area contributed by atoms with Crippen LogP contribution >= 0.6 is 35.5 Å². The minimum absolute atomic E-state index is 0. The Morgan fingerprint density at radius 1 is 1.13 bits per heavy atom. The van der Waals surface area contributed by atoms with Crippen molar-refractivity contribution in [2.75, 3.05) is 44.2 Å². The van der Waals surface area contributed by atoms with Gasteiger partial charge in [-0.2, -0.15) is 4.37 Å². The van der Waals surface area contributed by atoms with Gasteiger partial charge < -0.3 is 19.9 Å². The Hall–Kier alpha value is -1.46. The van der Waals surface area contributed by atoms with Gasteiger partial charge >= 0.3 is 0 Å². The molecule has 1 aliphatic heterocycles. The van der Waals surface area contributed by atoms with Crippen LogP contribution in [0.5, 0.6) is 0 Å². The monoisotopic (exact) mass is 544 g/mol. The summed E-state index contributed by atoms with van der Waals surface area (Å²) in [4.78, 5) is 14.2. The smallest absolute Gasteiger partial charge is 0.205 e. The average Bonchev–Trinajstić information content (AvgIpc) is 3.25. The standard InChI is InChI=1S/C21H32N6OS.HI/c1-4-19-24-21(29-25-19)27-13-11-26(12-14-27)20(22-5-2)23-15-17-9-7-8-10-18(17)16-28-6-3;/h7-10H,4-6,11-16H2,1-3H3,(H,22,23);1H. The first-order valence-electron chi connectivity index (χ1n) is 10.5. The largest absolute Gasteiger partial charge is 0.377 e. The molecule has 0 unspecified atom stereocenters. The van der Waals surface area contributed by atoms with Gasteiger partial charge in [-0.25, -0.2) is 9.98 Å². The van der Waals surface area contributed by atoms with Crippen molar-refractivity contribution in [3.05, 3.63) is 41.2 Å². The lowest BCUT2D eigenvalue weighted by atomic mass is 10.1. The third-order valence-corrected chi connectivity index (χ3v) is 5.75. The summed E-state index contributed by atoms with van der Waals surface area (Å²) in [5.74, 6) is 1.91. The Labute approximate surface area is 201 Å². The Morgan fingerprint density at radius 3 is 2.50 bits per heavy atom. The molecule has 3 rings (SSSR count). The number of aliphatic imine (C=N–C) groups is 1. The number of nitrogens with zero attached hydrogens (tertiary/aromatic N) is 5. The van der Waals surface area contributed by atoms with Crippen molar-refractivity contribution in [3.8, 4) is 0 Å². The van der Waals surface area contributed by atoms with Crippen LogP contribution in [0.25, 0.3) is 0 Å². The number of hydrogen-bond donors (Lipinski definition) is 1. The van der Waals surface area contributed by atoms with E-state index in [0.29, 0.717) is 13.2 Å². The lowest BCUT2D eigenvalue weighted by Crippen LogP contribution is -2.52. The van der Waals surface area contributed by atoms with E-state index in [4.69, 9.17) is 9.73 Å². The number of aryl methyl sites for hydroxylation is 1. The zero-order valence-electron chi connectivity index (χ0n) is 18.1. The second-order valence-corrected chi connectivity index (χ2v) is 7.63. The maximum atomic E-state index is 5.60. The van der Waals surface area contributed by atoms with Gasteiger partial charge in [-0.05, 0) is 25.0 Å². The highest BCUT2D eigenvalue weighted by Crippen LogP contribution is 2.19. The molecule has 30 heavy (non-hydrogen) atoms. The molecule has 0 bridgehead atoms. The maximum Gasteiger partial charge on any atom is 0.205 e. The van der Waals surface area contributed by atoms with E-state index in [1.54, 1.807) is 0 Å². The van der Waals surface area contributed by atoms with E-state index in [0.717, 1.165) is 62.7 Å². The quantitative estimate of drug-likeness (QED) is 0.312. The predicted octanol–water partition coefficient (Wildman–Crippen LogP) is 3.54. The molecule has 0 radical (unpaired) electrons. The fourth-order valence-electron chi connectivity index (χ4n) is 3.28. The molecule has 1 N–H and O–H groups in total. The van der Waals surface area contributed by atoms with E-state index in [-0.39, 0.29) is 24.0 Å². The molecule has 1 aliphatic rings. The zero-order valence-corrected chi connectivity index (χ0v) is 21.3. The molecule has 1 fully saturated rings. The first kappa shape index (κ1) is 24.8. The lowest BCUT2D eigenvalue weighted by Gasteiger charge is -2.36. The van der Waals surface area contributed by atoms with E-state index < -0.39 is 0 Å². The van der Waals surface area contributed by atoms with Crippen LogP contribution in [-0.4, -0.2) is 59.5 Å². The molecule has 0 amide bonds. The number of nitrogens with one attached hydrogen (secondary N) is 1. The average molecular weight is 545 g/mol. The molecule has 0 atom stereocenters. The van der Waals surface area contributed by atoms with Crippen LogP contribution in [0.1, 0.15) is 37.7 Å². The molecule has 2 aromatic rings. The van der Waals surface area contributed by atoms with Crippen molar-refractivity contribution in [1.29, 1.82) is 0 Å². The second-order valence-electron chi connectivity index (χ2n) is 6.90. The minimum atomic E-state index is 0. The molecule has 0 spiro atoms. The molecule has 9 heteroatoms. The molecule has 0 saturated carbocycles. The Bertz CT molecular complexity index is 791. The third kappa shape index (κ3) is 6.78. The van der Waals surface area contributed by atoms with Crippen molar-refractivity contribution >= 4 is 46.6 Å². The minimum Gasteiger partial charge on any atom is -0.377 e. The van der Waals surface area contributed by atoms with Gasteiger partial charge in [0.25, 0.3) is 0 Å². The van der Waals surface area contributed by atoms with E-state index in [1.807, 2.05) is 6.92 Å². The highest BCUT2D eigenvalue weighted by Gasteiger charge is 2.22. The van der Waals surface area contributed by atoms with Gasteiger partial charge in [0.05, 0.1) is 13.2 Å². The highest BCUT2D eigenvalue weighted by atomic mass is 127. The van der Waals surface area contributed by atoms with Crippen LogP contribution < -0.4 is 10.2 Å². The summed E-state index contributed by atoms with van der Waals surface area (Å²) in [6.07, 6.45) is 0.887. The van der Waals surface area contributed by atoms with E-state index >= 15 is 0 Å². The van der Waals surface area contributed by atoms with Crippen molar-refractivity contribution in [2.24, 2.45) is 4.99 Å². The van der Waals surface area contributed by atoms with Crippen LogP contribution in [0.15, 0.2) is 29.3 Å². The summed E-state index contributed by atoms with van der Waals surface area (Å²) in [5, 5.41) is 4.49. The predicted molar refractivity (Wildman–Crippen MR) is 135 cm³/mol. The van der Waals surface area contributed by atoms with Gasteiger partial charge in [-0.3, -0.25) is 0 Å². The summed E-state index contributed by atoms with van der Waals surface area (Å²) >= 11 is 1.50. The molecule has 1 aromatic heterocycles. The third-order valence-electron chi connectivity index (χ3n) is 4.94. The fraction of sp³-hybridized carbons (Fsp3) is 0.571. The number of aromatic nitrogens is 2. The molecule has 1 saturated heterocycles. The zero-order chi connectivity index (χ0) is 20.5. The molecular formula is C21H33IN6OS. The summed E-state index contributed by atoms with van der Waals surface area (Å²) in [7, 11) is 0. The number of rotatable bonds is 8. The molecule has 0 aliphatic carbocycles. The Morgan fingerprint density at radius 2 is 1.87 bits per heavy atom. The van der Waals surface area contributed by atoms with Crippen molar-refractivity contribution in [2.45, 2.75) is 40.3 Å². The topological polar surface area (TPSA) is 65.9 Å². The maximum absolute atomic E-state index is 5.60. The van der Waals surface area contributed by atoms with Crippen molar-refractivity contribution in [3.63, 3.8) is 0 Å². The van der Waals surface area contributed by atoms with Gasteiger partial charge in [0, 0.05) is 57.3 Å². The lowest BCUT2D eigenvalue weighted by molar-refractivity contribution is 0.133. The summed E-state index contributed by atoms with van der Waals surface area (Å²) in [6, 6.07) is 8.39. The molecule has 166 valence electrons. The first-order valence-corrected chi connectivity index (χ1v) is 11.3. The van der Waals surface area contributed by atoms with Gasteiger partial charge in [-0.15, -0.1) is 24.0 Å². The Kier molecular flexibility index (Phi) is 10.8. The number of halogens is 1. The van der Waals surface area contributed by atoms with Crippen LogP contribution in [0.4, 0.5) is 5.13 Å². The SMILES string of the molecule is CCNC(=NCc1ccccc1COCC)N1CCN(c2nc(CC)ns2)CC1.I. The number of ether oxygens (including phenoxy) is 1. The van der Waals surface area contributed by atoms with Crippen molar-refractivity contribution < 1.29 is 4.74 Å². The van der Waals surface area contributed by atoms with Gasteiger partial charge in [0.1, 0.15) is 5.82 Å². The molecule has 7 nitrogen and oxygen atoms in total. The van der Waals surface area contributed by atoms with Crippen molar-refractivity contribution in [1.82, 2.24) is 19.6 Å². The van der Waals surface area contributed by atoms with Gasteiger partial charge in [0.15, 0.2) is 5.96 Å². The van der Waals surface area contributed by atoms with E-state index in [9.17, 15) is 0 Å². The van der Waals surface area contributed by atoms with Crippen LogP contribution in [-0.2, 0) is 24.3 Å². The van der Waals surface area contributed by atoms with Crippen LogP contribution in [0.3, 0.4) is 0 Å². The fourth-order valence-corrected chi connectivity index (χ4v) is 4.08.